The maximum Gasteiger partial charge on any atom is 0.361 e. The highest BCUT2D eigenvalue weighted by Crippen LogP contribution is 2.51. The van der Waals surface area contributed by atoms with Gasteiger partial charge in [0.25, 0.3) is 0 Å². The molecule has 0 saturated heterocycles. The Morgan fingerprint density at radius 3 is 1.48 bits per heavy atom. The molecular weight excluding hydrogens is 307 g/mol. The molecule has 0 unspecified atom stereocenters. The quantitative estimate of drug-likeness (QED) is 0.666. The van der Waals surface area contributed by atoms with E-state index in [0.29, 0.717) is 13.2 Å². The van der Waals surface area contributed by atoms with E-state index in [9.17, 15) is 4.57 Å². The van der Waals surface area contributed by atoms with E-state index in [1.165, 1.54) is 5.56 Å². The Kier molecular flexibility index (Phi) is 6.29. The highest BCUT2D eigenvalue weighted by molar-refractivity contribution is 7.62. The predicted molar refractivity (Wildman–Crippen MR) is 99.1 cm³/mol. The SMILES string of the molecule is CCOP(=O)(OCC)c1c(C(C)(C)C)cc(C)cc1C(C)(C)C. The van der Waals surface area contributed by atoms with Gasteiger partial charge in [0, 0.05) is 0 Å². The van der Waals surface area contributed by atoms with E-state index in [1.807, 2.05) is 13.8 Å². The third-order valence-electron chi connectivity index (χ3n) is 3.74. The topological polar surface area (TPSA) is 35.5 Å². The Balaban J connectivity index is 3.88. The summed E-state index contributed by atoms with van der Waals surface area (Å²) in [5.74, 6) is 0. The van der Waals surface area contributed by atoms with Crippen molar-refractivity contribution in [3.8, 4) is 0 Å². The van der Waals surface area contributed by atoms with Crippen molar-refractivity contribution < 1.29 is 13.6 Å². The summed E-state index contributed by atoms with van der Waals surface area (Å²) in [7, 11) is -3.36. The fourth-order valence-electron chi connectivity index (χ4n) is 2.72. The molecule has 0 aliphatic heterocycles. The highest BCUT2D eigenvalue weighted by Gasteiger charge is 2.38. The smallest absolute Gasteiger partial charge is 0.305 e. The molecular formula is C19H33O3P. The molecule has 0 spiro atoms. The maximum atomic E-state index is 13.6. The molecule has 0 aromatic heterocycles. The Morgan fingerprint density at radius 1 is 0.870 bits per heavy atom. The molecule has 0 N–H and O–H groups in total. The third-order valence-corrected chi connectivity index (χ3v) is 5.97. The van der Waals surface area contributed by atoms with Gasteiger partial charge in [-0.05, 0) is 42.7 Å². The van der Waals surface area contributed by atoms with Crippen LogP contribution in [-0.4, -0.2) is 13.2 Å². The second-order valence-electron chi connectivity index (χ2n) is 8.04. The van der Waals surface area contributed by atoms with E-state index in [0.717, 1.165) is 16.4 Å². The van der Waals surface area contributed by atoms with E-state index in [4.69, 9.17) is 9.05 Å². The lowest BCUT2D eigenvalue weighted by atomic mass is 9.79. The van der Waals surface area contributed by atoms with Crippen LogP contribution in [0.2, 0.25) is 0 Å². The fourth-order valence-corrected chi connectivity index (χ4v) is 5.13. The van der Waals surface area contributed by atoms with Crippen LogP contribution in [0.15, 0.2) is 12.1 Å². The highest BCUT2D eigenvalue weighted by atomic mass is 31.2. The van der Waals surface area contributed by atoms with E-state index in [2.05, 4.69) is 60.6 Å². The zero-order chi connectivity index (χ0) is 18.1. The zero-order valence-corrected chi connectivity index (χ0v) is 17.1. The van der Waals surface area contributed by atoms with Crippen molar-refractivity contribution in [1.82, 2.24) is 0 Å². The molecule has 0 fully saturated rings. The van der Waals surface area contributed by atoms with Crippen LogP contribution in [0.1, 0.15) is 72.1 Å². The number of hydrogen-bond donors (Lipinski definition) is 0. The third kappa shape index (κ3) is 4.68. The Morgan fingerprint density at radius 2 is 1.22 bits per heavy atom. The Bertz CT molecular complexity index is 547. The van der Waals surface area contributed by atoms with Crippen LogP contribution in [0.3, 0.4) is 0 Å². The molecule has 0 atom stereocenters. The summed E-state index contributed by atoms with van der Waals surface area (Å²) < 4.78 is 25.0. The zero-order valence-electron chi connectivity index (χ0n) is 16.2. The fraction of sp³-hybridized carbons (Fsp3) is 0.684. The van der Waals surface area contributed by atoms with Gasteiger partial charge in [0.2, 0.25) is 0 Å². The summed E-state index contributed by atoms with van der Waals surface area (Å²) in [6.07, 6.45) is 0. The number of aryl methyl sites for hydroxylation is 1. The van der Waals surface area contributed by atoms with Gasteiger partial charge in [0.1, 0.15) is 0 Å². The Labute approximate surface area is 142 Å². The van der Waals surface area contributed by atoms with Crippen LogP contribution in [0, 0.1) is 6.92 Å². The molecule has 0 amide bonds. The summed E-state index contributed by atoms with van der Waals surface area (Å²) in [6.45, 7) is 19.3. The van der Waals surface area contributed by atoms with Gasteiger partial charge in [0.05, 0.1) is 18.5 Å². The van der Waals surface area contributed by atoms with E-state index < -0.39 is 7.60 Å². The van der Waals surface area contributed by atoms with Crippen LogP contribution in [-0.2, 0) is 24.4 Å². The maximum absolute atomic E-state index is 13.6. The van der Waals surface area contributed by atoms with Crippen molar-refractivity contribution >= 4 is 12.9 Å². The summed E-state index contributed by atoms with van der Waals surface area (Å²) >= 11 is 0. The minimum atomic E-state index is -3.36. The van der Waals surface area contributed by atoms with E-state index >= 15 is 0 Å². The summed E-state index contributed by atoms with van der Waals surface area (Å²) in [5, 5.41) is 0.756. The van der Waals surface area contributed by atoms with E-state index in [1.54, 1.807) is 0 Å². The molecule has 0 saturated carbocycles. The molecule has 3 nitrogen and oxygen atoms in total. The molecule has 0 bridgehead atoms. The number of benzene rings is 1. The Hall–Kier alpha value is -0.630. The summed E-state index contributed by atoms with van der Waals surface area (Å²) in [4.78, 5) is 0. The molecule has 132 valence electrons. The van der Waals surface area contributed by atoms with Gasteiger partial charge in [-0.2, -0.15) is 0 Å². The average molecular weight is 340 g/mol. The number of rotatable bonds is 5. The molecule has 0 aliphatic carbocycles. The van der Waals surface area contributed by atoms with E-state index in [-0.39, 0.29) is 10.8 Å². The largest absolute Gasteiger partial charge is 0.361 e. The molecule has 23 heavy (non-hydrogen) atoms. The minimum Gasteiger partial charge on any atom is -0.305 e. The first kappa shape index (κ1) is 20.4. The van der Waals surface area contributed by atoms with Crippen molar-refractivity contribution in [1.29, 1.82) is 0 Å². The van der Waals surface area contributed by atoms with Gasteiger partial charge < -0.3 is 9.05 Å². The minimum absolute atomic E-state index is 0.148. The second-order valence-corrected chi connectivity index (χ2v) is 10.0. The molecule has 1 aromatic rings. The first-order chi connectivity index (χ1) is 10.4. The average Bonchev–Trinajstić information content (AvgIpc) is 2.36. The van der Waals surface area contributed by atoms with Gasteiger partial charge in [-0.3, -0.25) is 4.57 Å². The predicted octanol–water partition coefficient (Wildman–Crippen LogP) is 5.48. The van der Waals surface area contributed by atoms with Crippen molar-refractivity contribution in [3.63, 3.8) is 0 Å². The lowest BCUT2D eigenvalue weighted by Gasteiger charge is -2.33. The van der Waals surface area contributed by atoms with Crippen molar-refractivity contribution in [2.75, 3.05) is 13.2 Å². The van der Waals surface area contributed by atoms with Crippen molar-refractivity contribution in [2.24, 2.45) is 0 Å². The van der Waals surface area contributed by atoms with Gasteiger partial charge >= 0.3 is 7.60 Å². The van der Waals surface area contributed by atoms with Crippen LogP contribution in [0.5, 0.6) is 0 Å². The van der Waals surface area contributed by atoms with Crippen LogP contribution >= 0.6 is 7.60 Å². The summed E-state index contributed by atoms with van der Waals surface area (Å²) in [5.41, 5.74) is 2.97. The van der Waals surface area contributed by atoms with Crippen molar-refractivity contribution in [2.45, 2.75) is 73.1 Å². The van der Waals surface area contributed by atoms with Crippen LogP contribution in [0.4, 0.5) is 0 Å². The lowest BCUT2D eigenvalue weighted by molar-refractivity contribution is 0.229. The van der Waals surface area contributed by atoms with Crippen LogP contribution in [0.25, 0.3) is 0 Å². The lowest BCUT2D eigenvalue weighted by Crippen LogP contribution is -2.32. The first-order valence-corrected chi connectivity index (χ1v) is 9.96. The first-order valence-electron chi connectivity index (χ1n) is 8.42. The monoisotopic (exact) mass is 340 g/mol. The normalized spacial score (nSPS) is 13.4. The number of hydrogen-bond acceptors (Lipinski definition) is 3. The van der Waals surface area contributed by atoms with Gasteiger partial charge in [-0.15, -0.1) is 0 Å². The molecule has 0 aliphatic rings. The van der Waals surface area contributed by atoms with Crippen LogP contribution < -0.4 is 5.30 Å². The van der Waals surface area contributed by atoms with Gasteiger partial charge in [-0.1, -0.05) is 59.2 Å². The summed E-state index contributed by atoms with van der Waals surface area (Å²) in [6, 6.07) is 4.24. The van der Waals surface area contributed by atoms with Gasteiger partial charge in [-0.25, -0.2) is 0 Å². The molecule has 1 rings (SSSR count). The standard InChI is InChI=1S/C19H33O3P/c1-10-21-23(20,22-11-2)17-15(18(4,5)6)12-14(3)13-16(17)19(7,8)9/h12-13H,10-11H2,1-9H3. The molecule has 0 radical (unpaired) electrons. The molecule has 4 heteroatoms. The van der Waals surface area contributed by atoms with Gasteiger partial charge in [0.15, 0.2) is 0 Å². The molecule has 1 aromatic carbocycles. The van der Waals surface area contributed by atoms with Crippen molar-refractivity contribution in [3.05, 3.63) is 28.8 Å². The second kappa shape index (κ2) is 7.09. The molecule has 0 heterocycles.